The lowest BCUT2D eigenvalue weighted by Crippen LogP contribution is -2.62. The topological polar surface area (TPSA) is 119 Å². The molecule has 1 fully saturated rings. The van der Waals surface area contributed by atoms with Crippen LogP contribution >= 0.6 is 0 Å². The highest BCUT2D eigenvalue weighted by molar-refractivity contribution is 7.89. The highest BCUT2D eigenvalue weighted by Gasteiger charge is 2.38. The molecule has 116 valence electrons. The second-order valence-electron chi connectivity index (χ2n) is 5.67. The summed E-state index contributed by atoms with van der Waals surface area (Å²) in [5.41, 5.74) is 6.41. The lowest BCUT2D eigenvalue weighted by molar-refractivity contribution is -0.126. The van der Waals surface area contributed by atoms with Gasteiger partial charge in [0.25, 0.3) is 0 Å². The molecule has 1 heterocycles. The van der Waals surface area contributed by atoms with E-state index in [0.717, 1.165) is 0 Å². The van der Waals surface area contributed by atoms with Gasteiger partial charge in [0.05, 0.1) is 4.90 Å². The lowest BCUT2D eigenvalue weighted by Gasteiger charge is -2.43. The number of primary sulfonamides is 1. The van der Waals surface area contributed by atoms with Gasteiger partial charge in [-0.1, -0.05) is 0 Å². The Kier molecular flexibility index (Phi) is 3.63. The molecule has 0 atom stereocenters. The number of amides is 1. The van der Waals surface area contributed by atoms with E-state index in [1.54, 1.807) is 26.8 Å². The fraction of sp³-hybridized carbons (Fsp3) is 0.462. The van der Waals surface area contributed by atoms with Gasteiger partial charge in [0.15, 0.2) is 0 Å². The molecule has 0 aromatic heterocycles. The molecule has 1 aromatic carbocycles. The molecule has 0 unspecified atom stereocenters. The number of benzene rings is 1. The van der Waals surface area contributed by atoms with Gasteiger partial charge in [0, 0.05) is 24.5 Å². The highest BCUT2D eigenvalue weighted by atomic mass is 32.2. The first kappa shape index (κ1) is 15.6. The third-order valence-electron chi connectivity index (χ3n) is 3.80. The van der Waals surface area contributed by atoms with E-state index in [-0.39, 0.29) is 10.8 Å². The van der Waals surface area contributed by atoms with Crippen molar-refractivity contribution in [2.24, 2.45) is 5.14 Å². The molecule has 1 saturated heterocycles. The van der Waals surface area contributed by atoms with Gasteiger partial charge in [-0.3, -0.25) is 4.79 Å². The van der Waals surface area contributed by atoms with Crippen molar-refractivity contribution in [1.82, 2.24) is 5.32 Å². The van der Waals surface area contributed by atoms with E-state index in [4.69, 9.17) is 10.9 Å². The third-order valence-corrected chi connectivity index (χ3v) is 4.84. The number of rotatable bonds is 2. The van der Waals surface area contributed by atoms with E-state index in [1.165, 1.54) is 6.07 Å². The van der Waals surface area contributed by atoms with E-state index in [2.05, 4.69) is 5.32 Å². The number of carbonyl (C=O) groups is 1. The van der Waals surface area contributed by atoms with E-state index < -0.39 is 15.6 Å². The number of carbonyl (C=O) groups excluding carboxylic acids is 1. The molecular formula is C13H20N4O3S. The summed E-state index contributed by atoms with van der Waals surface area (Å²) in [6.45, 7) is 6.27. The zero-order valence-electron chi connectivity index (χ0n) is 12.3. The van der Waals surface area contributed by atoms with Crippen LogP contribution in [-0.2, 0) is 14.8 Å². The van der Waals surface area contributed by atoms with Crippen LogP contribution in [0.3, 0.4) is 0 Å². The molecule has 0 aliphatic carbocycles. The fourth-order valence-corrected chi connectivity index (χ4v) is 3.42. The Morgan fingerprint density at radius 2 is 1.95 bits per heavy atom. The van der Waals surface area contributed by atoms with E-state index in [0.29, 0.717) is 30.0 Å². The van der Waals surface area contributed by atoms with Crippen LogP contribution in [0.1, 0.15) is 19.4 Å². The van der Waals surface area contributed by atoms with Gasteiger partial charge in [0.2, 0.25) is 15.9 Å². The minimum atomic E-state index is -3.88. The summed E-state index contributed by atoms with van der Waals surface area (Å²) in [6, 6.07) is 3.01. The van der Waals surface area contributed by atoms with Gasteiger partial charge in [-0.05, 0) is 38.5 Å². The van der Waals surface area contributed by atoms with Crippen molar-refractivity contribution >= 4 is 27.3 Å². The summed E-state index contributed by atoms with van der Waals surface area (Å²) >= 11 is 0. The molecule has 21 heavy (non-hydrogen) atoms. The summed E-state index contributed by atoms with van der Waals surface area (Å²) in [6.07, 6.45) is 0. The van der Waals surface area contributed by atoms with Crippen molar-refractivity contribution in [3.05, 3.63) is 17.7 Å². The Morgan fingerprint density at radius 1 is 1.33 bits per heavy atom. The van der Waals surface area contributed by atoms with Gasteiger partial charge in [-0.15, -0.1) is 0 Å². The molecule has 1 aliphatic rings. The fourth-order valence-electron chi connectivity index (χ4n) is 2.59. The Balaban J connectivity index is 2.64. The quantitative estimate of drug-likeness (QED) is 0.661. The monoisotopic (exact) mass is 312 g/mol. The van der Waals surface area contributed by atoms with Gasteiger partial charge >= 0.3 is 0 Å². The van der Waals surface area contributed by atoms with Crippen molar-refractivity contribution < 1.29 is 13.2 Å². The van der Waals surface area contributed by atoms with Crippen molar-refractivity contribution in [3.63, 3.8) is 0 Å². The molecular weight excluding hydrogens is 292 g/mol. The molecule has 8 heteroatoms. The number of nitrogens with one attached hydrogen (secondary N) is 1. The number of hydrogen-bond donors (Lipinski definition) is 3. The Bertz CT molecular complexity index is 698. The van der Waals surface area contributed by atoms with Crippen molar-refractivity contribution in [2.45, 2.75) is 31.2 Å². The van der Waals surface area contributed by atoms with E-state index in [9.17, 15) is 13.2 Å². The van der Waals surface area contributed by atoms with Gasteiger partial charge in [-0.2, -0.15) is 0 Å². The van der Waals surface area contributed by atoms with Crippen molar-refractivity contribution in [1.29, 1.82) is 0 Å². The number of nitrogens with zero attached hydrogens (tertiary/aromatic N) is 1. The zero-order chi connectivity index (χ0) is 16.0. The second-order valence-corrected chi connectivity index (χ2v) is 7.20. The predicted octanol–water partition coefficient (Wildman–Crippen LogP) is -0.0606. The Morgan fingerprint density at radius 3 is 2.52 bits per heavy atom. The summed E-state index contributed by atoms with van der Waals surface area (Å²) < 4.78 is 23.4. The molecule has 1 amide bonds. The van der Waals surface area contributed by atoms with Gasteiger partial charge in [-0.25, -0.2) is 13.6 Å². The third kappa shape index (κ3) is 2.68. The van der Waals surface area contributed by atoms with Crippen LogP contribution in [-0.4, -0.2) is 33.0 Å². The number of nitrogen functional groups attached to an aromatic ring is 1. The van der Waals surface area contributed by atoms with Crippen LogP contribution in [0.4, 0.5) is 11.4 Å². The number of hydrogen-bond acceptors (Lipinski definition) is 5. The number of piperazine rings is 1. The average molecular weight is 312 g/mol. The van der Waals surface area contributed by atoms with Crippen LogP contribution < -0.4 is 21.1 Å². The van der Waals surface area contributed by atoms with Crippen LogP contribution in [0.15, 0.2) is 17.0 Å². The molecule has 1 aromatic rings. The van der Waals surface area contributed by atoms with Crippen LogP contribution in [0.2, 0.25) is 0 Å². The first-order valence-corrected chi connectivity index (χ1v) is 8.08. The van der Waals surface area contributed by atoms with E-state index >= 15 is 0 Å². The Hall–Kier alpha value is -1.80. The molecule has 0 spiro atoms. The lowest BCUT2D eigenvalue weighted by atomic mass is 9.96. The summed E-state index contributed by atoms with van der Waals surface area (Å²) in [5.74, 6) is -0.118. The van der Waals surface area contributed by atoms with Gasteiger partial charge < -0.3 is 16.0 Å². The van der Waals surface area contributed by atoms with Crippen molar-refractivity contribution in [3.8, 4) is 0 Å². The zero-order valence-corrected chi connectivity index (χ0v) is 13.1. The molecule has 0 bridgehead atoms. The summed E-state index contributed by atoms with van der Waals surface area (Å²) in [5, 5.41) is 8.03. The maximum absolute atomic E-state index is 12.1. The normalized spacial score (nSPS) is 18.5. The van der Waals surface area contributed by atoms with Crippen LogP contribution in [0, 0.1) is 6.92 Å². The predicted molar refractivity (Wildman–Crippen MR) is 81.4 cm³/mol. The molecule has 2 rings (SSSR count). The summed E-state index contributed by atoms with van der Waals surface area (Å²) in [7, 11) is -3.88. The first-order valence-electron chi connectivity index (χ1n) is 6.54. The molecule has 1 aliphatic heterocycles. The molecule has 5 N–H and O–H groups in total. The molecule has 0 saturated carbocycles. The van der Waals surface area contributed by atoms with Crippen LogP contribution in [0.5, 0.6) is 0 Å². The number of nitrogens with two attached hydrogens (primary N) is 2. The number of anilines is 2. The minimum absolute atomic E-state index is 0.0146. The largest absolute Gasteiger partial charge is 0.399 e. The molecule has 0 radical (unpaired) electrons. The Labute approximate surface area is 124 Å². The van der Waals surface area contributed by atoms with Crippen molar-refractivity contribution in [2.75, 3.05) is 23.7 Å². The maximum Gasteiger partial charge on any atom is 0.245 e. The van der Waals surface area contributed by atoms with E-state index in [1.807, 2.05) is 4.90 Å². The SMILES string of the molecule is Cc1c(N2CCNC(=O)C2(C)C)cc(N)cc1S(N)(=O)=O. The minimum Gasteiger partial charge on any atom is -0.399 e. The van der Waals surface area contributed by atoms with Crippen LogP contribution in [0.25, 0.3) is 0 Å². The second kappa shape index (κ2) is 4.88. The van der Waals surface area contributed by atoms with Gasteiger partial charge in [0.1, 0.15) is 5.54 Å². The number of sulfonamides is 1. The smallest absolute Gasteiger partial charge is 0.245 e. The molecule has 7 nitrogen and oxygen atoms in total. The summed E-state index contributed by atoms with van der Waals surface area (Å²) in [4.78, 5) is 13.9. The standard InChI is InChI=1S/C13H20N4O3S/c1-8-10(6-9(14)7-11(8)21(15,19)20)17-5-4-16-12(18)13(17,2)3/h6-7H,4-5,14H2,1-3H3,(H,16,18)(H2,15,19,20). The first-order chi connectivity index (χ1) is 9.55. The maximum atomic E-state index is 12.1. The highest BCUT2D eigenvalue weighted by Crippen LogP contribution is 2.34. The average Bonchev–Trinajstić information content (AvgIpc) is 2.34.